The van der Waals surface area contributed by atoms with Gasteiger partial charge >= 0.3 is 12.2 Å². The van der Waals surface area contributed by atoms with E-state index < -0.39 is 41.4 Å². The average molecular weight is 634 g/mol. The molecule has 5 rings (SSSR count). The Hall–Kier alpha value is -3.99. The Bertz CT molecular complexity index is 1500. The minimum absolute atomic E-state index is 0.0503. The standard InChI is InChI=1S/C31H36F5N7O2/c1-19-14-22-24(16-43(19)25-7-5-6-23(33)26(25)31(34,35)36)38-29(45-18-30(9-10-30)17-40(3)4)39-27(22)41-12-13-42(28(44)20(2)32)21(15-41)8-11-37/h5-7,19,21H,2,8-10,12-18H2,1,3-4H3/t19-,21?/m1/s1. The lowest BCUT2D eigenvalue weighted by Gasteiger charge is -2.43. The van der Waals surface area contributed by atoms with Crippen molar-refractivity contribution >= 4 is 17.4 Å². The SMILES string of the molecule is C=C(F)C(=O)N1CCN(c2nc(OCC3(CN(C)C)CC3)nc3c2C[C@@H](C)N(c2cccc(F)c2C(F)(F)F)C3)CC1CC#N. The number of amides is 1. The van der Waals surface area contributed by atoms with Gasteiger partial charge in [0.2, 0.25) is 0 Å². The van der Waals surface area contributed by atoms with Gasteiger partial charge in [0.1, 0.15) is 17.2 Å². The lowest BCUT2D eigenvalue weighted by atomic mass is 9.96. The molecule has 0 N–H and O–H groups in total. The van der Waals surface area contributed by atoms with E-state index in [2.05, 4.69) is 22.5 Å². The first-order valence-electron chi connectivity index (χ1n) is 14.8. The van der Waals surface area contributed by atoms with Crippen LogP contribution < -0.4 is 14.5 Å². The zero-order valence-electron chi connectivity index (χ0n) is 25.5. The number of benzene rings is 1. The van der Waals surface area contributed by atoms with E-state index in [1.807, 2.05) is 19.0 Å². The number of rotatable bonds is 9. The van der Waals surface area contributed by atoms with Crippen molar-refractivity contribution in [2.45, 2.75) is 57.4 Å². The lowest BCUT2D eigenvalue weighted by molar-refractivity contribution is -0.139. The summed E-state index contributed by atoms with van der Waals surface area (Å²) in [6.07, 6.45) is -2.77. The van der Waals surface area contributed by atoms with Crippen LogP contribution in [0.2, 0.25) is 0 Å². The molecule has 242 valence electrons. The topological polar surface area (TPSA) is 88.8 Å². The van der Waals surface area contributed by atoms with Crippen LogP contribution in [0.25, 0.3) is 0 Å². The zero-order valence-corrected chi connectivity index (χ0v) is 25.5. The number of nitriles is 1. The number of ether oxygens (including phenoxy) is 1. The third-order valence-corrected chi connectivity index (χ3v) is 8.70. The molecule has 1 aromatic heterocycles. The molecule has 2 aliphatic heterocycles. The first-order chi connectivity index (χ1) is 21.2. The Kier molecular flexibility index (Phi) is 8.95. The van der Waals surface area contributed by atoms with Crippen molar-refractivity contribution < 1.29 is 31.5 Å². The van der Waals surface area contributed by atoms with Gasteiger partial charge in [0.15, 0.2) is 5.83 Å². The van der Waals surface area contributed by atoms with E-state index in [0.29, 0.717) is 23.7 Å². The van der Waals surface area contributed by atoms with Crippen molar-refractivity contribution in [2.24, 2.45) is 5.41 Å². The van der Waals surface area contributed by atoms with Gasteiger partial charge in [-0.2, -0.15) is 28.4 Å². The highest BCUT2D eigenvalue weighted by molar-refractivity contribution is 5.91. The molecule has 1 unspecified atom stereocenters. The molecule has 0 spiro atoms. The summed E-state index contributed by atoms with van der Waals surface area (Å²) in [4.78, 5) is 28.6. The van der Waals surface area contributed by atoms with Gasteiger partial charge in [-0.1, -0.05) is 12.6 Å². The Morgan fingerprint density at radius 2 is 1.98 bits per heavy atom. The molecule has 1 aromatic carbocycles. The number of hydrogen-bond donors (Lipinski definition) is 0. The maximum Gasteiger partial charge on any atom is 0.421 e. The summed E-state index contributed by atoms with van der Waals surface area (Å²) < 4.78 is 76.5. The zero-order chi connectivity index (χ0) is 32.7. The molecule has 45 heavy (non-hydrogen) atoms. The van der Waals surface area contributed by atoms with Gasteiger partial charge in [0.25, 0.3) is 5.91 Å². The second kappa shape index (κ2) is 12.4. The fourth-order valence-corrected chi connectivity index (χ4v) is 6.40. The summed E-state index contributed by atoms with van der Waals surface area (Å²) in [5.74, 6) is -2.85. The molecular weight excluding hydrogens is 597 g/mol. The number of carbonyl (C=O) groups is 1. The van der Waals surface area contributed by atoms with Crippen LogP contribution in [0.4, 0.5) is 33.5 Å². The number of anilines is 2. The minimum atomic E-state index is -4.91. The summed E-state index contributed by atoms with van der Waals surface area (Å²) in [5, 5.41) is 9.45. The number of aromatic nitrogens is 2. The van der Waals surface area contributed by atoms with Crippen LogP contribution in [0.3, 0.4) is 0 Å². The van der Waals surface area contributed by atoms with Gasteiger partial charge in [-0.15, -0.1) is 0 Å². The first kappa shape index (κ1) is 32.4. The maximum atomic E-state index is 14.6. The van der Waals surface area contributed by atoms with Crippen molar-refractivity contribution in [3.05, 3.63) is 53.2 Å². The molecule has 14 heteroatoms. The molecule has 1 saturated heterocycles. The maximum absolute atomic E-state index is 14.6. The number of fused-ring (bicyclic) bond motifs is 1. The quantitative estimate of drug-likeness (QED) is 0.290. The van der Waals surface area contributed by atoms with Crippen LogP contribution >= 0.6 is 0 Å². The number of carbonyl (C=O) groups excluding carboxylic acids is 1. The average Bonchev–Trinajstić information content (AvgIpc) is 3.73. The van der Waals surface area contributed by atoms with Crippen molar-refractivity contribution in [1.82, 2.24) is 19.8 Å². The second-order valence-electron chi connectivity index (χ2n) is 12.5. The molecule has 0 bridgehead atoms. The predicted octanol–water partition coefficient (Wildman–Crippen LogP) is 4.72. The molecule has 3 heterocycles. The van der Waals surface area contributed by atoms with Gasteiger partial charge in [-0.25, -0.2) is 8.78 Å². The van der Waals surface area contributed by atoms with E-state index in [0.717, 1.165) is 25.5 Å². The normalized spacial score (nSPS) is 20.9. The molecule has 1 amide bonds. The third kappa shape index (κ3) is 6.83. The van der Waals surface area contributed by atoms with Gasteiger partial charge in [0.05, 0.1) is 43.1 Å². The number of hydrogen-bond acceptors (Lipinski definition) is 8. The largest absolute Gasteiger partial charge is 0.463 e. The monoisotopic (exact) mass is 633 g/mol. The predicted molar refractivity (Wildman–Crippen MR) is 157 cm³/mol. The molecule has 0 radical (unpaired) electrons. The Labute approximate surface area is 258 Å². The molecule has 1 saturated carbocycles. The van der Waals surface area contributed by atoms with E-state index in [4.69, 9.17) is 9.72 Å². The highest BCUT2D eigenvalue weighted by Gasteiger charge is 2.45. The first-order valence-corrected chi connectivity index (χ1v) is 14.8. The number of nitrogens with zero attached hydrogens (tertiary/aromatic N) is 7. The van der Waals surface area contributed by atoms with Gasteiger partial charge in [0, 0.05) is 43.2 Å². The summed E-state index contributed by atoms with van der Waals surface area (Å²) in [5.41, 5.74) is -0.532. The number of alkyl halides is 3. The molecule has 1 aliphatic carbocycles. The number of halogens is 5. The van der Waals surface area contributed by atoms with Crippen molar-refractivity contribution in [2.75, 3.05) is 56.7 Å². The molecule has 2 fully saturated rings. The van der Waals surface area contributed by atoms with E-state index in [1.54, 1.807) is 6.92 Å². The fourth-order valence-electron chi connectivity index (χ4n) is 6.40. The van der Waals surface area contributed by atoms with Gasteiger partial charge in [-0.05, 0) is 52.4 Å². The van der Waals surface area contributed by atoms with Crippen molar-refractivity contribution in [3.63, 3.8) is 0 Å². The smallest absolute Gasteiger partial charge is 0.421 e. The molecule has 2 aromatic rings. The summed E-state index contributed by atoms with van der Waals surface area (Å²) in [6.45, 7) is 6.49. The highest BCUT2D eigenvalue weighted by Crippen LogP contribution is 2.46. The third-order valence-electron chi connectivity index (χ3n) is 8.70. The summed E-state index contributed by atoms with van der Waals surface area (Å²) in [7, 11) is 3.95. The van der Waals surface area contributed by atoms with E-state index in [1.165, 1.54) is 21.9 Å². The molecule has 3 aliphatic rings. The molecule has 2 atom stereocenters. The van der Waals surface area contributed by atoms with Crippen molar-refractivity contribution in [1.29, 1.82) is 5.26 Å². The molecule has 9 nitrogen and oxygen atoms in total. The second-order valence-corrected chi connectivity index (χ2v) is 12.5. The van der Waals surface area contributed by atoms with Crippen LogP contribution in [-0.2, 0) is 23.9 Å². The molecular formula is C31H36F5N7O2. The lowest BCUT2D eigenvalue weighted by Crippen LogP contribution is -2.56. The van der Waals surface area contributed by atoms with Crippen LogP contribution in [0, 0.1) is 22.6 Å². The van der Waals surface area contributed by atoms with Gasteiger partial charge < -0.3 is 24.3 Å². The summed E-state index contributed by atoms with van der Waals surface area (Å²) >= 11 is 0. The van der Waals surface area contributed by atoms with Crippen molar-refractivity contribution in [3.8, 4) is 12.1 Å². The Morgan fingerprint density at radius 1 is 1.24 bits per heavy atom. The van der Waals surface area contributed by atoms with Crippen LogP contribution in [-0.4, -0.2) is 84.6 Å². The van der Waals surface area contributed by atoms with Crippen LogP contribution in [0.1, 0.15) is 43.0 Å². The minimum Gasteiger partial charge on any atom is -0.463 e. The highest BCUT2D eigenvalue weighted by atomic mass is 19.4. The van der Waals surface area contributed by atoms with E-state index in [9.17, 15) is 32.0 Å². The Balaban J connectivity index is 1.52. The Morgan fingerprint density at radius 3 is 2.60 bits per heavy atom. The fraction of sp³-hybridized carbons (Fsp3) is 0.548. The summed E-state index contributed by atoms with van der Waals surface area (Å²) in [6, 6.07) is 4.29. The van der Waals surface area contributed by atoms with E-state index >= 15 is 0 Å². The van der Waals surface area contributed by atoms with Gasteiger partial charge in [-0.3, -0.25) is 4.79 Å². The number of piperazine rings is 1. The van der Waals surface area contributed by atoms with Crippen LogP contribution in [0.5, 0.6) is 6.01 Å². The van der Waals surface area contributed by atoms with E-state index in [-0.39, 0.29) is 56.1 Å². The van der Waals surface area contributed by atoms with Crippen LogP contribution in [0.15, 0.2) is 30.6 Å².